The summed E-state index contributed by atoms with van der Waals surface area (Å²) in [5.74, 6) is 0.451. The van der Waals surface area contributed by atoms with Crippen molar-refractivity contribution in [1.82, 2.24) is 9.80 Å². The van der Waals surface area contributed by atoms with Gasteiger partial charge in [0.2, 0.25) is 0 Å². The molecule has 0 spiro atoms. The molecule has 2 aliphatic heterocycles. The van der Waals surface area contributed by atoms with Gasteiger partial charge in [-0.25, -0.2) is 0 Å². The number of carbonyl (C=O) groups is 1. The SMILES string of the molecule is O=C(c1ccccc1Br)N1CCN(C2=NS(=O)(=O)c3ccccc32)CC1. The Morgan fingerprint density at radius 2 is 1.62 bits per heavy atom. The largest absolute Gasteiger partial charge is 0.352 e. The Morgan fingerprint density at radius 1 is 0.962 bits per heavy atom. The van der Waals surface area contributed by atoms with E-state index in [4.69, 9.17) is 0 Å². The Bertz CT molecular complexity index is 1010. The van der Waals surface area contributed by atoms with Gasteiger partial charge in [0.1, 0.15) is 4.90 Å². The van der Waals surface area contributed by atoms with Crippen molar-refractivity contribution in [3.05, 3.63) is 64.1 Å². The van der Waals surface area contributed by atoms with Crippen molar-refractivity contribution >= 4 is 37.7 Å². The first-order valence-electron chi connectivity index (χ1n) is 8.20. The minimum atomic E-state index is -3.62. The Morgan fingerprint density at radius 3 is 2.35 bits per heavy atom. The zero-order valence-electron chi connectivity index (χ0n) is 13.8. The summed E-state index contributed by atoms with van der Waals surface area (Å²) in [7, 11) is -3.62. The molecule has 0 atom stereocenters. The molecule has 2 heterocycles. The minimum Gasteiger partial charge on any atom is -0.352 e. The van der Waals surface area contributed by atoms with Gasteiger partial charge in [0.15, 0.2) is 5.84 Å². The number of rotatable bonds is 1. The van der Waals surface area contributed by atoms with Crippen LogP contribution in [0.15, 0.2) is 62.3 Å². The fourth-order valence-electron chi connectivity index (χ4n) is 3.24. The van der Waals surface area contributed by atoms with Crippen LogP contribution in [-0.4, -0.2) is 56.1 Å². The molecule has 6 nitrogen and oxygen atoms in total. The minimum absolute atomic E-state index is 0.0292. The maximum absolute atomic E-state index is 12.7. The van der Waals surface area contributed by atoms with Gasteiger partial charge >= 0.3 is 0 Å². The van der Waals surface area contributed by atoms with Crippen LogP contribution >= 0.6 is 15.9 Å². The zero-order chi connectivity index (χ0) is 18.3. The number of carbonyl (C=O) groups excluding carboxylic acids is 1. The highest BCUT2D eigenvalue weighted by Gasteiger charge is 2.33. The number of piperazine rings is 1. The lowest BCUT2D eigenvalue weighted by atomic mass is 10.1. The average molecular weight is 434 g/mol. The normalized spacial score (nSPS) is 18.4. The topological polar surface area (TPSA) is 70.1 Å². The van der Waals surface area contributed by atoms with Gasteiger partial charge < -0.3 is 9.80 Å². The number of nitrogens with zero attached hydrogens (tertiary/aromatic N) is 3. The molecule has 0 bridgehead atoms. The number of benzene rings is 2. The first-order valence-corrected chi connectivity index (χ1v) is 10.4. The van der Waals surface area contributed by atoms with Crippen LogP contribution in [-0.2, 0) is 10.0 Å². The number of halogens is 1. The highest BCUT2D eigenvalue weighted by molar-refractivity contribution is 9.10. The summed E-state index contributed by atoms with van der Waals surface area (Å²) < 4.78 is 29.2. The molecule has 0 unspecified atom stereocenters. The van der Waals surface area contributed by atoms with E-state index in [9.17, 15) is 13.2 Å². The highest BCUT2D eigenvalue weighted by atomic mass is 79.9. The van der Waals surface area contributed by atoms with Crippen LogP contribution < -0.4 is 0 Å². The third-order valence-corrected chi connectivity index (χ3v) is 6.60. The second kappa shape index (κ2) is 6.51. The van der Waals surface area contributed by atoms with E-state index in [0.29, 0.717) is 43.1 Å². The van der Waals surface area contributed by atoms with Crippen LogP contribution in [0.1, 0.15) is 15.9 Å². The third-order valence-electron chi connectivity index (χ3n) is 4.58. The van der Waals surface area contributed by atoms with Gasteiger partial charge in [-0.05, 0) is 40.2 Å². The molecule has 1 saturated heterocycles. The average Bonchev–Trinajstić information content (AvgIpc) is 2.93. The van der Waals surface area contributed by atoms with Gasteiger partial charge in [0, 0.05) is 36.2 Å². The summed E-state index contributed by atoms with van der Waals surface area (Å²) in [6, 6.07) is 14.2. The Labute approximate surface area is 160 Å². The fraction of sp³-hybridized carbons (Fsp3) is 0.222. The summed E-state index contributed by atoms with van der Waals surface area (Å²) in [6.45, 7) is 2.11. The summed E-state index contributed by atoms with van der Waals surface area (Å²) in [6.07, 6.45) is 0. The molecular weight excluding hydrogens is 418 g/mol. The molecule has 2 aromatic carbocycles. The Balaban J connectivity index is 1.52. The highest BCUT2D eigenvalue weighted by Crippen LogP contribution is 2.28. The quantitative estimate of drug-likeness (QED) is 0.691. The fourth-order valence-corrected chi connectivity index (χ4v) is 4.92. The molecule has 2 aliphatic rings. The number of amidine groups is 1. The monoisotopic (exact) mass is 433 g/mol. The van der Waals surface area contributed by atoms with Crippen molar-refractivity contribution in [3.63, 3.8) is 0 Å². The molecule has 0 aliphatic carbocycles. The van der Waals surface area contributed by atoms with E-state index in [1.165, 1.54) is 0 Å². The lowest BCUT2D eigenvalue weighted by Gasteiger charge is -2.36. The third kappa shape index (κ3) is 2.93. The second-order valence-corrected chi connectivity index (χ2v) is 8.57. The maximum atomic E-state index is 12.7. The van der Waals surface area contributed by atoms with Crippen LogP contribution in [0.25, 0.3) is 0 Å². The number of amides is 1. The van der Waals surface area contributed by atoms with Gasteiger partial charge in [-0.3, -0.25) is 4.79 Å². The second-order valence-electron chi connectivity index (χ2n) is 6.15. The smallest absolute Gasteiger partial charge is 0.285 e. The van der Waals surface area contributed by atoms with Gasteiger partial charge in [-0.15, -0.1) is 4.40 Å². The van der Waals surface area contributed by atoms with Crippen LogP contribution in [0.2, 0.25) is 0 Å². The lowest BCUT2D eigenvalue weighted by molar-refractivity contribution is 0.0691. The predicted molar refractivity (Wildman–Crippen MR) is 102 cm³/mol. The van der Waals surface area contributed by atoms with E-state index < -0.39 is 10.0 Å². The first kappa shape index (κ1) is 17.2. The Hall–Kier alpha value is -2.19. The van der Waals surface area contributed by atoms with E-state index in [1.807, 2.05) is 29.2 Å². The number of sulfonamides is 1. The van der Waals surface area contributed by atoms with Gasteiger partial charge in [-0.1, -0.05) is 24.3 Å². The lowest BCUT2D eigenvalue weighted by Crippen LogP contribution is -2.50. The van der Waals surface area contributed by atoms with Crippen LogP contribution in [0, 0.1) is 0 Å². The summed E-state index contributed by atoms with van der Waals surface area (Å²) >= 11 is 3.42. The van der Waals surface area contributed by atoms with Crippen molar-refractivity contribution in [2.24, 2.45) is 4.40 Å². The number of fused-ring (bicyclic) bond motifs is 1. The molecule has 4 rings (SSSR count). The standard InChI is InChI=1S/C18H16BrN3O3S/c19-15-7-3-1-5-13(15)18(23)22-11-9-21(10-12-22)17-14-6-2-4-8-16(14)26(24,25)20-17/h1-8H,9-12H2. The van der Waals surface area contributed by atoms with Crippen molar-refractivity contribution < 1.29 is 13.2 Å². The van der Waals surface area contributed by atoms with Crippen molar-refractivity contribution in [2.45, 2.75) is 4.90 Å². The van der Waals surface area contributed by atoms with Gasteiger partial charge in [-0.2, -0.15) is 8.42 Å². The number of hydrogen-bond acceptors (Lipinski definition) is 4. The molecule has 134 valence electrons. The molecular formula is C18H16BrN3O3S. The van der Waals surface area contributed by atoms with Crippen molar-refractivity contribution in [1.29, 1.82) is 0 Å². The van der Waals surface area contributed by atoms with Crippen LogP contribution in [0.4, 0.5) is 0 Å². The predicted octanol–water partition coefficient (Wildman–Crippen LogP) is 2.36. The van der Waals surface area contributed by atoms with E-state index >= 15 is 0 Å². The summed E-state index contributed by atoms with van der Waals surface area (Å²) in [4.78, 5) is 16.7. The van der Waals surface area contributed by atoms with Gasteiger partial charge in [0.25, 0.3) is 15.9 Å². The van der Waals surface area contributed by atoms with Crippen LogP contribution in [0.3, 0.4) is 0 Å². The molecule has 1 amide bonds. The van der Waals surface area contributed by atoms with E-state index in [1.54, 1.807) is 29.2 Å². The molecule has 0 N–H and O–H groups in total. The van der Waals surface area contributed by atoms with Crippen molar-refractivity contribution in [2.75, 3.05) is 26.2 Å². The molecule has 0 radical (unpaired) electrons. The first-order chi connectivity index (χ1) is 12.5. The number of hydrogen-bond donors (Lipinski definition) is 0. The van der Waals surface area contributed by atoms with E-state index in [-0.39, 0.29) is 10.8 Å². The molecule has 0 aromatic heterocycles. The van der Waals surface area contributed by atoms with Gasteiger partial charge in [0.05, 0.1) is 5.56 Å². The van der Waals surface area contributed by atoms with Crippen LogP contribution in [0.5, 0.6) is 0 Å². The summed E-state index contributed by atoms with van der Waals surface area (Å²) in [5, 5.41) is 0. The molecule has 2 aromatic rings. The maximum Gasteiger partial charge on any atom is 0.285 e. The zero-order valence-corrected chi connectivity index (χ0v) is 16.2. The molecule has 1 fully saturated rings. The van der Waals surface area contributed by atoms with E-state index in [0.717, 1.165) is 4.47 Å². The Kier molecular flexibility index (Phi) is 4.32. The molecule has 8 heteroatoms. The molecule has 0 saturated carbocycles. The summed E-state index contributed by atoms with van der Waals surface area (Å²) in [5.41, 5.74) is 1.27. The molecule has 26 heavy (non-hydrogen) atoms. The van der Waals surface area contributed by atoms with E-state index in [2.05, 4.69) is 20.3 Å². The van der Waals surface area contributed by atoms with Crippen molar-refractivity contribution in [3.8, 4) is 0 Å².